The Bertz CT molecular complexity index is 1720. The van der Waals surface area contributed by atoms with Crippen LogP contribution in [-0.4, -0.2) is 45.9 Å². The molecule has 1 unspecified atom stereocenters. The molecule has 1 saturated heterocycles. The van der Waals surface area contributed by atoms with E-state index in [4.69, 9.17) is 8.92 Å². The summed E-state index contributed by atoms with van der Waals surface area (Å²) in [5.74, 6) is -1.12. The van der Waals surface area contributed by atoms with Crippen LogP contribution in [0.15, 0.2) is 71.6 Å². The van der Waals surface area contributed by atoms with Crippen molar-refractivity contribution in [2.75, 3.05) is 25.7 Å². The van der Waals surface area contributed by atoms with Gasteiger partial charge in [0.25, 0.3) is 0 Å². The third-order valence-electron chi connectivity index (χ3n) is 7.23. The number of carbonyl (C=O) groups excluding carboxylic acids is 1. The SMILES string of the molecule is CSc1c(F)cc(F)cc1-c1ccc2cc(OS(C)(=O)=O)ccc2c1C(=O)c1ccc(OCCC2CCCCN2)cc1. The molecule has 10 heteroatoms. The Hall–Kier alpha value is -3.47. The van der Waals surface area contributed by atoms with Crippen LogP contribution in [0.25, 0.3) is 21.9 Å². The molecule has 4 aromatic carbocycles. The Morgan fingerprint density at radius 1 is 0.976 bits per heavy atom. The number of fused-ring (bicyclic) bond motifs is 1. The van der Waals surface area contributed by atoms with Gasteiger partial charge in [-0.25, -0.2) is 8.78 Å². The van der Waals surface area contributed by atoms with Crippen molar-refractivity contribution in [2.45, 2.75) is 36.6 Å². The molecule has 0 aromatic heterocycles. The summed E-state index contributed by atoms with van der Waals surface area (Å²) in [6.45, 7) is 1.59. The van der Waals surface area contributed by atoms with Crippen LogP contribution in [0, 0.1) is 11.6 Å². The van der Waals surface area contributed by atoms with Crippen molar-refractivity contribution >= 4 is 38.4 Å². The second-order valence-electron chi connectivity index (χ2n) is 10.3. The van der Waals surface area contributed by atoms with Gasteiger partial charge in [-0.2, -0.15) is 8.42 Å². The summed E-state index contributed by atoms with van der Waals surface area (Å²) >= 11 is 1.12. The molecule has 0 spiro atoms. The smallest absolute Gasteiger partial charge is 0.306 e. The van der Waals surface area contributed by atoms with Gasteiger partial charge >= 0.3 is 10.1 Å². The molecule has 0 bridgehead atoms. The fraction of sp³-hybridized carbons (Fsp3) is 0.281. The molecule has 1 N–H and O–H groups in total. The Morgan fingerprint density at radius 2 is 1.74 bits per heavy atom. The number of rotatable bonds is 10. The second kappa shape index (κ2) is 12.8. The third-order valence-corrected chi connectivity index (χ3v) is 8.55. The van der Waals surface area contributed by atoms with Crippen LogP contribution in [0.1, 0.15) is 41.6 Å². The minimum absolute atomic E-state index is 0.0858. The molecule has 1 aliphatic heterocycles. The van der Waals surface area contributed by atoms with E-state index in [1.54, 1.807) is 48.7 Å². The van der Waals surface area contributed by atoms with Gasteiger partial charge in [-0.3, -0.25) is 4.79 Å². The first-order chi connectivity index (χ1) is 20.1. The van der Waals surface area contributed by atoms with Gasteiger partial charge < -0.3 is 14.2 Å². The van der Waals surface area contributed by atoms with E-state index in [0.717, 1.165) is 43.5 Å². The lowest BCUT2D eigenvalue weighted by molar-refractivity contribution is 0.104. The zero-order valence-corrected chi connectivity index (χ0v) is 24.9. The van der Waals surface area contributed by atoms with E-state index in [9.17, 15) is 22.0 Å². The monoisotopic (exact) mass is 611 g/mol. The molecule has 0 aliphatic carbocycles. The number of ketones is 1. The van der Waals surface area contributed by atoms with Crippen molar-refractivity contribution in [2.24, 2.45) is 0 Å². The van der Waals surface area contributed by atoms with Gasteiger partial charge in [-0.1, -0.05) is 18.6 Å². The summed E-state index contributed by atoms with van der Waals surface area (Å²) in [6, 6.07) is 17.1. The average Bonchev–Trinajstić information content (AvgIpc) is 2.96. The van der Waals surface area contributed by atoms with Crippen LogP contribution in [0.5, 0.6) is 11.5 Å². The van der Waals surface area contributed by atoms with Gasteiger partial charge in [0, 0.05) is 28.8 Å². The summed E-state index contributed by atoms with van der Waals surface area (Å²) in [6.07, 6.45) is 7.08. The van der Waals surface area contributed by atoms with E-state index in [0.29, 0.717) is 40.3 Å². The van der Waals surface area contributed by atoms with Gasteiger partial charge in [0.2, 0.25) is 0 Å². The summed E-state index contributed by atoms with van der Waals surface area (Å²) in [7, 11) is -3.77. The molecular formula is C32H31F2NO5S2. The Labute approximate surface area is 248 Å². The van der Waals surface area contributed by atoms with Gasteiger partial charge in [-0.15, -0.1) is 11.8 Å². The number of piperidine rings is 1. The fourth-order valence-electron chi connectivity index (χ4n) is 5.31. The van der Waals surface area contributed by atoms with Crippen LogP contribution >= 0.6 is 11.8 Å². The number of halogens is 2. The minimum Gasteiger partial charge on any atom is -0.494 e. The van der Waals surface area contributed by atoms with E-state index in [1.165, 1.54) is 31.0 Å². The maximum atomic E-state index is 14.8. The van der Waals surface area contributed by atoms with Crippen molar-refractivity contribution in [3.63, 3.8) is 0 Å². The van der Waals surface area contributed by atoms with Crippen LogP contribution in [0.4, 0.5) is 8.78 Å². The number of thioether (sulfide) groups is 1. The van der Waals surface area contributed by atoms with Crippen LogP contribution in [0.3, 0.4) is 0 Å². The molecule has 1 heterocycles. The van der Waals surface area contributed by atoms with Gasteiger partial charge in [0.15, 0.2) is 5.78 Å². The van der Waals surface area contributed by atoms with E-state index >= 15 is 0 Å². The van der Waals surface area contributed by atoms with Crippen molar-refractivity contribution in [1.82, 2.24) is 5.32 Å². The first-order valence-corrected chi connectivity index (χ1v) is 16.7. The van der Waals surface area contributed by atoms with Crippen LogP contribution in [0.2, 0.25) is 0 Å². The predicted molar refractivity (Wildman–Crippen MR) is 162 cm³/mol. The highest BCUT2D eigenvalue weighted by atomic mass is 32.2. The molecule has 6 nitrogen and oxygen atoms in total. The lowest BCUT2D eigenvalue weighted by Crippen LogP contribution is -2.35. The molecule has 1 fully saturated rings. The number of nitrogens with one attached hydrogen (secondary N) is 1. The predicted octanol–water partition coefficient (Wildman–Crippen LogP) is 6.99. The minimum atomic E-state index is -3.77. The van der Waals surface area contributed by atoms with Crippen LogP contribution in [-0.2, 0) is 10.1 Å². The van der Waals surface area contributed by atoms with Crippen LogP contribution < -0.4 is 14.2 Å². The lowest BCUT2D eigenvalue weighted by atomic mass is 9.89. The van der Waals surface area contributed by atoms with Crippen molar-refractivity contribution in [3.05, 3.63) is 89.5 Å². The van der Waals surface area contributed by atoms with Gasteiger partial charge in [-0.05, 0) is 96.9 Å². The molecule has 1 aliphatic rings. The first-order valence-electron chi connectivity index (χ1n) is 13.6. The van der Waals surface area contributed by atoms with E-state index in [2.05, 4.69) is 5.32 Å². The van der Waals surface area contributed by atoms with Crippen molar-refractivity contribution < 1.29 is 30.9 Å². The highest BCUT2D eigenvalue weighted by Gasteiger charge is 2.23. The molecule has 0 amide bonds. The summed E-state index contributed by atoms with van der Waals surface area (Å²) in [4.78, 5) is 14.3. The quantitative estimate of drug-likeness (QED) is 0.118. The van der Waals surface area contributed by atoms with Crippen molar-refractivity contribution in [3.8, 4) is 22.6 Å². The van der Waals surface area contributed by atoms with Crippen molar-refractivity contribution in [1.29, 1.82) is 0 Å². The molecule has 5 rings (SSSR count). The van der Waals surface area contributed by atoms with E-state index in [-0.39, 0.29) is 27.6 Å². The first kappa shape index (κ1) is 30.0. The number of carbonyl (C=O) groups is 1. The largest absolute Gasteiger partial charge is 0.494 e. The normalized spacial score (nSPS) is 15.5. The maximum absolute atomic E-state index is 14.8. The summed E-state index contributed by atoms with van der Waals surface area (Å²) < 4.78 is 63.6. The Morgan fingerprint density at radius 3 is 2.43 bits per heavy atom. The topological polar surface area (TPSA) is 81.7 Å². The third kappa shape index (κ3) is 6.94. The van der Waals surface area contributed by atoms with E-state index in [1.807, 2.05) is 0 Å². The highest BCUT2D eigenvalue weighted by Crippen LogP contribution is 2.39. The zero-order valence-electron chi connectivity index (χ0n) is 23.3. The second-order valence-corrected chi connectivity index (χ2v) is 12.7. The highest BCUT2D eigenvalue weighted by molar-refractivity contribution is 7.98. The van der Waals surface area contributed by atoms with E-state index < -0.39 is 21.8 Å². The van der Waals surface area contributed by atoms with Gasteiger partial charge in [0.05, 0.1) is 17.8 Å². The number of ether oxygens (including phenoxy) is 1. The summed E-state index contributed by atoms with van der Waals surface area (Å²) in [5.41, 5.74) is 1.20. The standard InChI is InChI=1S/C32H31F2NO5S2/c1-41-32-28(18-22(33)19-29(32)34)27-12-8-21-17-25(40-42(2,37)38)11-13-26(21)30(27)31(36)20-6-9-24(10-7-20)39-16-14-23-5-3-4-15-35-23/h6-13,17-19,23,35H,3-5,14-16H2,1-2H3. The maximum Gasteiger partial charge on any atom is 0.306 e. The lowest BCUT2D eigenvalue weighted by Gasteiger charge is -2.23. The summed E-state index contributed by atoms with van der Waals surface area (Å²) in [5, 5.41) is 4.51. The Kier molecular flexibility index (Phi) is 9.15. The average molecular weight is 612 g/mol. The number of benzene rings is 4. The molecular weight excluding hydrogens is 580 g/mol. The fourth-order valence-corrected chi connectivity index (χ4v) is 6.40. The number of hydrogen-bond acceptors (Lipinski definition) is 7. The molecule has 0 saturated carbocycles. The molecule has 42 heavy (non-hydrogen) atoms. The van der Waals surface area contributed by atoms with Gasteiger partial charge in [0.1, 0.15) is 23.1 Å². The molecule has 220 valence electrons. The molecule has 4 aromatic rings. The number of hydrogen-bond donors (Lipinski definition) is 1. The molecule has 0 radical (unpaired) electrons. The molecule has 1 atom stereocenters. The Balaban J connectivity index is 1.53. The zero-order chi connectivity index (χ0) is 29.9.